The summed E-state index contributed by atoms with van der Waals surface area (Å²) in [5.41, 5.74) is 5.84. The van der Waals surface area contributed by atoms with Crippen LogP contribution in [0.1, 0.15) is 6.92 Å². The summed E-state index contributed by atoms with van der Waals surface area (Å²) in [6.07, 6.45) is 2.38. The zero-order valence-electron chi connectivity index (χ0n) is 9.26. The molecule has 0 aliphatic heterocycles. The van der Waals surface area contributed by atoms with E-state index >= 15 is 0 Å². The largest absolute Gasteiger partial charge is 0.394 e. The van der Waals surface area contributed by atoms with E-state index in [9.17, 15) is 13.2 Å². The van der Waals surface area contributed by atoms with Gasteiger partial charge in [0.05, 0.1) is 11.9 Å². The van der Waals surface area contributed by atoms with Crippen molar-refractivity contribution in [2.24, 2.45) is 7.05 Å². The van der Waals surface area contributed by atoms with Gasteiger partial charge in [0.25, 0.3) is 0 Å². The van der Waals surface area contributed by atoms with Crippen molar-refractivity contribution in [2.75, 3.05) is 17.3 Å². The summed E-state index contributed by atoms with van der Waals surface area (Å²) in [5.74, 6) is -0.335. The van der Waals surface area contributed by atoms with Gasteiger partial charge < -0.3 is 11.1 Å². The molecule has 0 aromatic carbocycles. The van der Waals surface area contributed by atoms with E-state index in [1.165, 1.54) is 17.8 Å². The third-order valence-corrected chi connectivity index (χ3v) is 3.72. The molecular formula is C8H14N4O3S. The van der Waals surface area contributed by atoms with Gasteiger partial charge >= 0.3 is 0 Å². The molecule has 1 rings (SSSR count). The highest BCUT2D eigenvalue weighted by atomic mass is 32.2. The van der Waals surface area contributed by atoms with Crippen molar-refractivity contribution in [1.82, 2.24) is 9.78 Å². The molecule has 1 amide bonds. The Kier molecular flexibility index (Phi) is 3.22. The van der Waals surface area contributed by atoms with Crippen molar-refractivity contribution in [3.63, 3.8) is 0 Å². The molecule has 0 saturated carbocycles. The Balaban J connectivity index is 2.88. The van der Waals surface area contributed by atoms with Crippen LogP contribution in [0.15, 0.2) is 6.20 Å². The molecule has 1 heterocycles. The molecule has 1 aromatic heterocycles. The van der Waals surface area contributed by atoms with E-state index in [1.54, 1.807) is 7.05 Å². The highest BCUT2D eigenvalue weighted by Crippen LogP contribution is 2.16. The number of carbonyl (C=O) groups excluding carboxylic acids is 1. The maximum absolute atomic E-state index is 11.6. The molecule has 0 bridgehead atoms. The maximum atomic E-state index is 11.6. The molecule has 1 aromatic rings. The lowest BCUT2D eigenvalue weighted by Gasteiger charge is -2.10. The van der Waals surface area contributed by atoms with Gasteiger partial charge in [-0.25, -0.2) is 8.42 Å². The second-order valence-electron chi connectivity index (χ2n) is 3.53. The minimum atomic E-state index is -3.41. The Labute approximate surface area is 93.5 Å². The topological polar surface area (TPSA) is 107 Å². The summed E-state index contributed by atoms with van der Waals surface area (Å²) in [7, 11) is -1.82. The van der Waals surface area contributed by atoms with E-state index in [4.69, 9.17) is 5.73 Å². The molecule has 0 saturated heterocycles. The molecule has 8 heteroatoms. The number of sulfone groups is 1. The molecule has 0 radical (unpaired) electrons. The Morgan fingerprint density at radius 2 is 2.19 bits per heavy atom. The number of nitrogens with two attached hydrogens (primary N) is 1. The van der Waals surface area contributed by atoms with Gasteiger partial charge in [0, 0.05) is 13.3 Å². The first-order valence-corrected chi connectivity index (χ1v) is 6.46. The number of nitrogen functional groups attached to an aromatic ring is 1. The van der Waals surface area contributed by atoms with Crippen molar-refractivity contribution in [3.05, 3.63) is 6.20 Å². The minimum absolute atomic E-state index is 0.288. The number of hydrogen-bond donors (Lipinski definition) is 2. The highest BCUT2D eigenvalue weighted by Gasteiger charge is 2.24. The molecule has 90 valence electrons. The quantitative estimate of drug-likeness (QED) is 0.738. The van der Waals surface area contributed by atoms with Crippen LogP contribution in [0.3, 0.4) is 0 Å². The first-order chi connectivity index (χ1) is 7.23. The summed E-state index contributed by atoms with van der Waals surface area (Å²) in [4.78, 5) is 11.6. The van der Waals surface area contributed by atoms with Crippen LogP contribution in [0, 0.1) is 0 Å². The number of hydrogen-bond acceptors (Lipinski definition) is 5. The average molecular weight is 246 g/mol. The summed E-state index contributed by atoms with van der Waals surface area (Å²) < 4.78 is 23.7. The van der Waals surface area contributed by atoms with E-state index in [1.807, 2.05) is 0 Å². The first-order valence-electron chi connectivity index (χ1n) is 4.50. The van der Waals surface area contributed by atoms with Crippen molar-refractivity contribution in [1.29, 1.82) is 0 Å². The number of rotatable bonds is 3. The first kappa shape index (κ1) is 12.5. The molecule has 0 fully saturated rings. The van der Waals surface area contributed by atoms with Gasteiger partial charge in [0.1, 0.15) is 5.25 Å². The fourth-order valence-electron chi connectivity index (χ4n) is 1.02. The Morgan fingerprint density at radius 1 is 1.62 bits per heavy atom. The highest BCUT2D eigenvalue weighted by molar-refractivity contribution is 7.92. The van der Waals surface area contributed by atoms with Gasteiger partial charge in [-0.2, -0.15) is 5.10 Å². The molecule has 3 N–H and O–H groups in total. The van der Waals surface area contributed by atoms with Crippen LogP contribution in [0.2, 0.25) is 0 Å². The molecule has 1 atom stereocenters. The number of carbonyl (C=O) groups is 1. The second-order valence-corrected chi connectivity index (χ2v) is 5.90. The minimum Gasteiger partial charge on any atom is -0.394 e. The molecular weight excluding hydrogens is 232 g/mol. The molecule has 0 aliphatic carbocycles. The number of nitrogens with zero attached hydrogens (tertiary/aromatic N) is 2. The third-order valence-electron chi connectivity index (χ3n) is 2.22. The van der Waals surface area contributed by atoms with Gasteiger partial charge in [0.15, 0.2) is 15.7 Å². The summed E-state index contributed by atoms with van der Waals surface area (Å²) in [6.45, 7) is 1.32. The van der Waals surface area contributed by atoms with Gasteiger partial charge in [0.2, 0.25) is 5.91 Å². The van der Waals surface area contributed by atoms with E-state index < -0.39 is 21.0 Å². The van der Waals surface area contributed by atoms with Crippen LogP contribution in [-0.4, -0.2) is 35.6 Å². The monoisotopic (exact) mass is 246 g/mol. The lowest BCUT2D eigenvalue weighted by Crippen LogP contribution is -2.32. The Morgan fingerprint density at radius 3 is 2.56 bits per heavy atom. The fraction of sp³-hybridized carbons (Fsp3) is 0.500. The zero-order valence-corrected chi connectivity index (χ0v) is 10.1. The van der Waals surface area contributed by atoms with Crippen molar-refractivity contribution < 1.29 is 13.2 Å². The summed E-state index contributed by atoms with van der Waals surface area (Å²) in [5, 5.41) is 5.12. The smallest absolute Gasteiger partial charge is 0.243 e. The SMILES string of the molecule is CC(C(=O)Nc1c(N)cnn1C)S(C)(=O)=O. The maximum Gasteiger partial charge on any atom is 0.243 e. The molecule has 0 spiro atoms. The standard InChI is InChI=1S/C8H14N4O3S/c1-5(16(3,14)15)8(13)11-7-6(9)4-10-12(7)2/h4-5H,9H2,1-3H3,(H,11,13). The second kappa shape index (κ2) is 4.12. The van der Waals surface area contributed by atoms with Crippen LogP contribution >= 0.6 is 0 Å². The van der Waals surface area contributed by atoms with Crippen molar-refractivity contribution >= 4 is 27.2 Å². The number of nitrogens with one attached hydrogen (secondary N) is 1. The van der Waals surface area contributed by atoms with E-state index in [2.05, 4.69) is 10.4 Å². The molecule has 7 nitrogen and oxygen atoms in total. The summed E-state index contributed by atoms with van der Waals surface area (Å²) >= 11 is 0. The lowest BCUT2D eigenvalue weighted by molar-refractivity contribution is -0.115. The predicted molar refractivity (Wildman–Crippen MR) is 60.6 cm³/mol. The average Bonchev–Trinajstić information content (AvgIpc) is 2.46. The lowest BCUT2D eigenvalue weighted by atomic mass is 10.4. The van der Waals surface area contributed by atoms with Gasteiger partial charge in [-0.3, -0.25) is 9.48 Å². The number of aromatic nitrogens is 2. The molecule has 16 heavy (non-hydrogen) atoms. The van der Waals surface area contributed by atoms with Crippen molar-refractivity contribution in [2.45, 2.75) is 12.2 Å². The van der Waals surface area contributed by atoms with E-state index in [0.29, 0.717) is 5.82 Å². The van der Waals surface area contributed by atoms with Gasteiger partial charge in [-0.15, -0.1) is 0 Å². The molecule has 1 unspecified atom stereocenters. The van der Waals surface area contributed by atoms with Gasteiger partial charge in [-0.1, -0.05) is 0 Å². The van der Waals surface area contributed by atoms with Gasteiger partial charge in [-0.05, 0) is 6.92 Å². The third kappa shape index (κ3) is 2.51. The van der Waals surface area contributed by atoms with Crippen LogP contribution in [0.5, 0.6) is 0 Å². The number of anilines is 2. The Bertz CT molecular complexity index is 486. The fourth-order valence-corrected chi connectivity index (χ4v) is 1.47. The summed E-state index contributed by atoms with van der Waals surface area (Å²) in [6, 6.07) is 0. The number of amides is 1. The van der Waals surface area contributed by atoms with Crippen LogP contribution < -0.4 is 11.1 Å². The normalized spacial score (nSPS) is 13.4. The van der Waals surface area contributed by atoms with E-state index in [0.717, 1.165) is 6.26 Å². The predicted octanol–water partition coefficient (Wildman–Crippen LogP) is -0.626. The van der Waals surface area contributed by atoms with Crippen LogP contribution in [0.25, 0.3) is 0 Å². The van der Waals surface area contributed by atoms with E-state index in [-0.39, 0.29) is 5.69 Å². The zero-order chi connectivity index (χ0) is 12.5. The number of aryl methyl sites for hydroxylation is 1. The van der Waals surface area contributed by atoms with Crippen LogP contribution in [-0.2, 0) is 21.7 Å². The van der Waals surface area contributed by atoms with Crippen molar-refractivity contribution in [3.8, 4) is 0 Å². The van der Waals surface area contributed by atoms with Crippen LogP contribution in [0.4, 0.5) is 11.5 Å². The molecule has 0 aliphatic rings. The Hall–Kier alpha value is -1.57.